The number of thioether (sulfide) groups is 1. The average molecular weight is 305 g/mol. The molecule has 1 aromatic heterocycles. The second-order valence-corrected chi connectivity index (χ2v) is 5.31. The zero-order chi connectivity index (χ0) is 15.1. The first-order valence-corrected chi connectivity index (χ1v) is 8.07. The topological polar surface area (TPSA) is 56.6 Å². The first-order chi connectivity index (χ1) is 10.2. The monoisotopic (exact) mass is 305 g/mol. The molecule has 0 aromatic carbocycles. The van der Waals surface area contributed by atoms with Crippen molar-refractivity contribution in [2.24, 2.45) is 5.16 Å². The largest absolute Gasteiger partial charge is 0.443 e. The van der Waals surface area contributed by atoms with Crippen LogP contribution in [0.4, 0.5) is 0 Å². The number of allylic oxidation sites excluding steroid dienone is 4. The molecule has 1 aliphatic carbocycles. The maximum absolute atomic E-state index is 5.82. The molecule has 1 aromatic rings. The smallest absolute Gasteiger partial charge is 0.223 e. The molecule has 5 nitrogen and oxygen atoms in total. The summed E-state index contributed by atoms with van der Waals surface area (Å²) in [6.45, 7) is 4.53. The maximum atomic E-state index is 5.82. The van der Waals surface area contributed by atoms with Gasteiger partial charge < -0.3 is 9.57 Å². The van der Waals surface area contributed by atoms with Crippen LogP contribution in [0.2, 0.25) is 0 Å². The molecule has 0 fully saturated rings. The van der Waals surface area contributed by atoms with Crippen molar-refractivity contribution in [2.75, 3.05) is 12.9 Å². The van der Waals surface area contributed by atoms with Gasteiger partial charge in [-0.2, -0.15) is 4.98 Å². The molecule has 0 saturated heterocycles. The highest BCUT2D eigenvalue weighted by molar-refractivity contribution is 7.98. The van der Waals surface area contributed by atoms with Gasteiger partial charge in [0.25, 0.3) is 0 Å². The van der Waals surface area contributed by atoms with E-state index in [4.69, 9.17) is 9.57 Å². The van der Waals surface area contributed by atoms with Crippen molar-refractivity contribution in [3.63, 3.8) is 0 Å². The third-order valence-corrected chi connectivity index (χ3v) is 3.27. The summed E-state index contributed by atoms with van der Waals surface area (Å²) in [6.07, 6.45) is 9.24. The van der Waals surface area contributed by atoms with E-state index in [0.29, 0.717) is 24.7 Å². The van der Waals surface area contributed by atoms with Crippen LogP contribution in [0.3, 0.4) is 0 Å². The Hall–Kier alpha value is -1.82. The second-order valence-electron chi connectivity index (χ2n) is 4.48. The van der Waals surface area contributed by atoms with Crippen molar-refractivity contribution in [1.29, 1.82) is 0 Å². The zero-order valence-corrected chi connectivity index (χ0v) is 13.3. The standard InChI is InChI=1S/C15H19N3O2S/c1-4-8-19-18-12-6-5-7-13(9-12)20-14-10-15(21-3)17-11(2)16-14/h5-7,10H,4,8-9H2,1-3H3. The first kappa shape index (κ1) is 15.6. The van der Waals surface area contributed by atoms with E-state index in [1.165, 1.54) is 0 Å². The lowest BCUT2D eigenvalue weighted by Crippen LogP contribution is -2.08. The third kappa shape index (κ3) is 4.90. The Morgan fingerprint density at radius 3 is 3.00 bits per heavy atom. The number of aromatic nitrogens is 2. The summed E-state index contributed by atoms with van der Waals surface area (Å²) in [5.41, 5.74) is 0.844. The summed E-state index contributed by atoms with van der Waals surface area (Å²) in [4.78, 5) is 13.8. The highest BCUT2D eigenvalue weighted by Gasteiger charge is 2.11. The lowest BCUT2D eigenvalue weighted by molar-refractivity contribution is 0.144. The number of ether oxygens (including phenoxy) is 1. The molecule has 6 heteroatoms. The summed E-state index contributed by atoms with van der Waals surface area (Å²) in [6, 6.07) is 1.83. The molecule has 2 rings (SSSR count). The van der Waals surface area contributed by atoms with Gasteiger partial charge in [0.1, 0.15) is 23.2 Å². The Kier molecular flexibility index (Phi) is 5.80. The number of hydrogen-bond acceptors (Lipinski definition) is 6. The van der Waals surface area contributed by atoms with Gasteiger partial charge in [-0.15, -0.1) is 11.8 Å². The van der Waals surface area contributed by atoms with Crippen LogP contribution in [0, 0.1) is 6.92 Å². The minimum Gasteiger partial charge on any atom is -0.443 e. The summed E-state index contributed by atoms with van der Waals surface area (Å²) in [5, 5.41) is 4.98. The number of oxime groups is 1. The molecule has 0 spiro atoms. The minimum absolute atomic E-state index is 0.558. The highest BCUT2D eigenvalue weighted by Crippen LogP contribution is 2.21. The van der Waals surface area contributed by atoms with Crippen molar-refractivity contribution < 1.29 is 9.57 Å². The quantitative estimate of drug-likeness (QED) is 0.348. The summed E-state index contributed by atoms with van der Waals surface area (Å²) in [7, 11) is 0. The molecule has 0 atom stereocenters. The lowest BCUT2D eigenvalue weighted by atomic mass is 10.1. The van der Waals surface area contributed by atoms with Crippen LogP contribution in [0.5, 0.6) is 5.88 Å². The van der Waals surface area contributed by atoms with Gasteiger partial charge in [0.15, 0.2) is 0 Å². The van der Waals surface area contributed by atoms with Crippen LogP contribution in [-0.4, -0.2) is 28.5 Å². The Bertz CT molecular complexity index is 582. The normalized spacial score (nSPS) is 16.0. The zero-order valence-electron chi connectivity index (χ0n) is 12.5. The van der Waals surface area contributed by atoms with E-state index in [1.54, 1.807) is 11.8 Å². The molecule has 0 N–H and O–H groups in total. The molecule has 0 radical (unpaired) electrons. The Morgan fingerprint density at radius 2 is 2.24 bits per heavy atom. The molecular formula is C15H19N3O2S. The molecule has 21 heavy (non-hydrogen) atoms. The van der Waals surface area contributed by atoms with E-state index < -0.39 is 0 Å². The summed E-state index contributed by atoms with van der Waals surface area (Å²) in [5.74, 6) is 2.05. The van der Waals surface area contributed by atoms with Gasteiger partial charge in [-0.25, -0.2) is 4.98 Å². The van der Waals surface area contributed by atoms with Crippen molar-refractivity contribution in [3.8, 4) is 5.88 Å². The lowest BCUT2D eigenvalue weighted by Gasteiger charge is -2.12. The Balaban J connectivity index is 2.03. The van der Waals surface area contributed by atoms with Crippen LogP contribution in [-0.2, 0) is 4.84 Å². The maximum Gasteiger partial charge on any atom is 0.223 e. The van der Waals surface area contributed by atoms with E-state index in [2.05, 4.69) is 15.1 Å². The molecule has 0 bridgehead atoms. The molecule has 1 aliphatic rings. The fraction of sp³-hybridized carbons (Fsp3) is 0.400. The van der Waals surface area contributed by atoms with Crippen LogP contribution in [0.1, 0.15) is 25.6 Å². The van der Waals surface area contributed by atoms with Gasteiger partial charge >= 0.3 is 0 Å². The van der Waals surface area contributed by atoms with E-state index in [-0.39, 0.29) is 0 Å². The van der Waals surface area contributed by atoms with Crippen LogP contribution in [0.15, 0.2) is 40.2 Å². The van der Waals surface area contributed by atoms with E-state index in [9.17, 15) is 0 Å². The number of hydrogen-bond donors (Lipinski definition) is 0. The predicted octanol–water partition coefficient (Wildman–Crippen LogP) is 3.51. The fourth-order valence-corrected chi connectivity index (χ4v) is 2.16. The van der Waals surface area contributed by atoms with E-state index in [1.807, 2.05) is 44.4 Å². The molecular weight excluding hydrogens is 286 g/mol. The molecule has 0 amide bonds. The van der Waals surface area contributed by atoms with Gasteiger partial charge in [0, 0.05) is 6.07 Å². The van der Waals surface area contributed by atoms with Crippen molar-refractivity contribution in [2.45, 2.75) is 31.7 Å². The first-order valence-electron chi connectivity index (χ1n) is 6.85. The van der Waals surface area contributed by atoms with Gasteiger partial charge in [0.2, 0.25) is 5.88 Å². The fourth-order valence-electron chi connectivity index (χ4n) is 1.72. The van der Waals surface area contributed by atoms with E-state index in [0.717, 1.165) is 22.9 Å². The average Bonchev–Trinajstić information content (AvgIpc) is 2.47. The van der Waals surface area contributed by atoms with Gasteiger partial charge in [-0.1, -0.05) is 18.2 Å². The number of nitrogens with zero attached hydrogens (tertiary/aromatic N) is 3. The SMILES string of the molecule is CCCON=C1C=CC=C(Oc2cc(SC)nc(C)n2)C1. The Labute approximate surface area is 129 Å². The van der Waals surface area contributed by atoms with Crippen molar-refractivity contribution in [3.05, 3.63) is 35.9 Å². The van der Waals surface area contributed by atoms with Crippen LogP contribution < -0.4 is 4.74 Å². The molecule has 0 aliphatic heterocycles. The summed E-state index contributed by atoms with van der Waals surface area (Å²) < 4.78 is 5.82. The van der Waals surface area contributed by atoms with Crippen molar-refractivity contribution in [1.82, 2.24) is 9.97 Å². The minimum atomic E-state index is 0.558. The Morgan fingerprint density at radius 1 is 1.38 bits per heavy atom. The second kappa shape index (κ2) is 7.83. The molecule has 0 saturated carbocycles. The summed E-state index contributed by atoms with van der Waals surface area (Å²) >= 11 is 1.57. The molecule has 112 valence electrons. The number of rotatable bonds is 6. The van der Waals surface area contributed by atoms with Gasteiger partial charge in [-0.3, -0.25) is 0 Å². The van der Waals surface area contributed by atoms with Crippen LogP contribution in [0.25, 0.3) is 0 Å². The molecule has 0 unspecified atom stereocenters. The van der Waals surface area contributed by atoms with Gasteiger partial charge in [-0.05, 0) is 31.8 Å². The van der Waals surface area contributed by atoms with E-state index >= 15 is 0 Å². The van der Waals surface area contributed by atoms with Crippen LogP contribution >= 0.6 is 11.8 Å². The van der Waals surface area contributed by atoms with Gasteiger partial charge in [0.05, 0.1) is 12.1 Å². The van der Waals surface area contributed by atoms with Crippen molar-refractivity contribution >= 4 is 17.5 Å². The third-order valence-electron chi connectivity index (χ3n) is 2.64. The predicted molar refractivity (Wildman–Crippen MR) is 84.7 cm³/mol. The highest BCUT2D eigenvalue weighted by atomic mass is 32.2. The number of aryl methyl sites for hydroxylation is 1. The molecule has 1 heterocycles.